The predicted molar refractivity (Wildman–Crippen MR) is 104 cm³/mol. The van der Waals surface area contributed by atoms with Gasteiger partial charge in [-0.2, -0.15) is 0 Å². The van der Waals surface area contributed by atoms with E-state index in [0.29, 0.717) is 23.9 Å². The monoisotopic (exact) mass is 372 g/mol. The molecule has 1 atom stereocenters. The lowest BCUT2D eigenvalue weighted by Crippen LogP contribution is -2.56. The first-order chi connectivity index (χ1) is 12.3. The molecule has 0 unspecified atom stereocenters. The Morgan fingerprint density at radius 3 is 3.00 bits per heavy atom. The van der Waals surface area contributed by atoms with Crippen LogP contribution < -0.4 is 5.32 Å². The molecule has 1 amide bonds. The fourth-order valence-electron chi connectivity index (χ4n) is 3.60. The average Bonchev–Trinajstić information content (AvgIpc) is 2.93. The van der Waals surface area contributed by atoms with Crippen molar-refractivity contribution in [2.75, 3.05) is 25.5 Å². The Morgan fingerprint density at radius 2 is 2.23 bits per heavy atom. The number of carbonyl (C=O) groups excluding carboxylic acids is 1. The second-order valence-corrected chi connectivity index (χ2v) is 7.85. The van der Waals surface area contributed by atoms with Crippen LogP contribution >= 0.6 is 11.6 Å². The number of hydrogen-bond donors (Lipinski definition) is 2. The lowest BCUT2D eigenvalue weighted by Gasteiger charge is -2.40. The molecule has 136 valence electrons. The van der Waals surface area contributed by atoms with E-state index in [9.17, 15) is 4.79 Å². The first-order valence-electron chi connectivity index (χ1n) is 8.54. The first kappa shape index (κ1) is 17.3. The number of nitrogens with one attached hydrogen (secondary N) is 2. The molecule has 26 heavy (non-hydrogen) atoms. The highest BCUT2D eigenvalue weighted by Crippen LogP contribution is 2.33. The Hall–Kier alpha value is -2.15. The molecule has 0 saturated carbocycles. The number of likely N-dealkylation sites (N-methyl/N-ethyl adjacent to an activating group) is 1. The van der Waals surface area contributed by atoms with E-state index < -0.39 is 0 Å². The van der Waals surface area contributed by atoms with Crippen molar-refractivity contribution < 1.29 is 9.53 Å². The quantitative estimate of drug-likeness (QED) is 0.723. The van der Waals surface area contributed by atoms with Gasteiger partial charge >= 0.3 is 0 Å². The van der Waals surface area contributed by atoms with Crippen LogP contribution in [0.15, 0.2) is 30.6 Å². The number of hydrogen-bond acceptors (Lipinski definition) is 4. The maximum Gasteiger partial charge on any atom is 0.244 e. The van der Waals surface area contributed by atoms with E-state index in [2.05, 4.69) is 15.3 Å². The van der Waals surface area contributed by atoms with Crippen molar-refractivity contribution >= 4 is 45.0 Å². The van der Waals surface area contributed by atoms with Crippen LogP contribution in [0.4, 0.5) is 5.69 Å². The van der Waals surface area contributed by atoms with E-state index in [1.807, 2.05) is 37.9 Å². The highest BCUT2D eigenvalue weighted by molar-refractivity contribution is 6.32. The number of fused-ring (bicyclic) bond motifs is 3. The fraction of sp³-hybridized carbons (Fsp3) is 0.368. The maximum atomic E-state index is 12.9. The zero-order chi connectivity index (χ0) is 18.5. The van der Waals surface area contributed by atoms with Gasteiger partial charge in [0.15, 0.2) is 0 Å². The minimum Gasteiger partial charge on any atom is -0.372 e. The smallest absolute Gasteiger partial charge is 0.244 e. The Labute approximate surface area is 156 Å². The third kappa shape index (κ3) is 3.05. The number of nitrogens with zero attached hydrogens (tertiary/aromatic N) is 2. The molecule has 2 N–H and O–H groups in total. The van der Waals surface area contributed by atoms with Crippen molar-refractivity contribution in [3.8, 4) is 0 Å². The molecule has 1 aliphatic rings. The minimum atomic E-state index is -0.344. The number of benzene rings is 1. The Kier molecular flexibility index (Phi) is 4.14. The van der Waals surface area contributed by atoms with Gasteiger partial charge in [-0.25, -0.2) is 0 Å². The molecule has 0 radical (unpaired) electrons. The number of halogens is 1. The third-order valence-corrected chi connectivity index (χ3v) is 5.05. The number of amides is 1. The molecule has 3 heterocycles. The minimum absolute atomic E-state index is 0.108. The molecule has 0 aliphatic carbocycles. The summed E-state index contributed by atoms with van der Waals surface area (Å²) in [6, 6.07) is 5.24. The summed E-state index contributed by atoms with van der Waals surface area (Å²) in [4.78, 5) is 22.3. The van der Waals surface area contributed by atoms with Gasteiger partial charge in [0.2, 0.25) is 5.91 Å². The number of anilines is 1. The topological polar surface area (TPSA) is 70.2 Å². The van der Waals surface area contributed by atoms with Gasteiger partial charge in [-0.05, 0) is 39.1 Å². The Bertz CT molecular complexity index is 998. The zero-order valence-corrected chi connectivity index (χ0v) is 15.7. The third-order valence-electron chi connectivity index (χ3n) is 4.83. The first-order valence-corrected chi connectivity index (χ1v) is 8.92. The second-order valence-electron chi connectivity index (χ2n) is 7.41. The molecule has 0 bridgehead atoms. The van der Waals surface area contributed by atoms with Crippen LogP contribution in [0.1, 0.15) is 13.8 Å². The lowest BCUT2D eigenvalue weighted by molar-refractivity contribution is -0.139. The second kappa shape index (κ2) is 6.23. The number of morpholine rings is 1. The van der Waals surface area contributed by atoms with E-state index in [1.165, 1.54) is 0 Å². The SMILES string of the molecule is CN1CC(C)(C)OC[C@H]1C(=O)Nc1cc(Cl)cc2c1[nH]c1cnccc12. The van der Waals surface area contributed by atoms with Gasteiger partial charge in [-0.1, -0.05) is 11.6 Å². The van der Waals surface area contributed by atoms with E-state index >= 15 is 0 Å². The Balaban J connectivity index is 1.68. The number of H-pyrrole nitrogens is 1. The van der Waals surface area contributed by atoms with Crippen LogP contribution in [0.5, 0.6) is 0 Å². The molecule has 2 aromatic heterocycles. The molecule has 1 fully saturated rings. The maximum absolute atomic E-state index is 12.9. The van der Waals surface area contributed by atoms with Crippen LogP contribution in [0, 0.1) is 0 Å². The van der Waals surface area contributed by atoms with Crippen molar-refractivity contribution in [2.24, 2.45) is 0 Å². The lowest BCUT2D eigenvalue weighted by atomic mass is 10.0. The number of aromatic nitrogens is 2. The molecular formula is C19H21ClN4O2. The standard InChI is InChI=1S/C19H21ClN4O2/c1-19(2)10-24(3)16(9-26-19)18(25)23-14-7-11(20)6-13-12-4-5-21-8-15(12)22-17(13)14/h4-8,16,22H,9-10H2,1-3H3,(H,23,25)/t16-/m0/s1. The molecule has 7 heteroatoms. The van der Waals surface area contributed by atoms with Crippen molar-refractivity contribution in [2.45, 2.75) is 25.5 Å². The van der Waals surface area contributed by atoms with Gasteiger partial charge in [-0.3, -0.25) is 14.7 Å². The van der Waals surface area contributed by atoms with Gasteiger partial charge in [0.1, 0.15) is 6.04 Å². The van der Waals surface area contributed by atoms with Crippen LogP contribution in [-0.4, -0.2) is 52.6 Å². The normalized spacial score (nSPS) is 20.5. The number of rotatable bonds is 2. The Morgan fingerprint density at radius 1 is 1.42 bits per heavy atom. The summed E-state index contributed by atoms with van der Waals surface area (Å²) in [7, 11) is 1.94. The highest BCUT2D eigenvalue weighted by atomic mass is 35.5. The molecule has 0 spiro atoms. The molecule has 1 saturated heterocycles. The number of carbonyl (C=O) groups is 1. The molecular weight excluding hydrogens is 352 g/mol. The van der Waals surface area contributed by atoms with Crippen LogP contribution in [0.25, 0.3) is 21.8 Å². The average molecular weight is 373 g/mol. The fourth-order valence-corrected chi connectivity index (χ4v) is 3.81. The molecule has 3 aromatic rings. The number of aromatic amines is 1. The predicted octanol–water partition coefficient (Wildman–Crippen LogP) is 3.42. The summed E-state index contributed by atoms with van der Waals surface area (Å²) in [5.74, 6) is -0.108. The summed E-state index contributed by atoms with van der Waals surface area (Å²) in [5, 5.41) is 5.57. The van der Waals surface area contributed by atoms with E-state index in [4.69, 9.17) is 16.3 Å². The zero-order valence-electron chi connectivity index (χ0n) is 15.0. The van der Waals surface area contributed by atoms with Crippen molar-refractivity contribution in [1.29, 1.82) is 0 Å². The van der Waals surface area contributed by atoms with Crippen LogP contribution in [0.3, 0.4) is 0 Å². The van der Waals surface area contributed by atoms with Gasteiger partial charge in [0.05, 0.1) is 35.1 Å². The molecule has 4 rings (SSSR count). The van der Waals surface area contributed by atoms with Gasteiger partial charge < -0.3 is 15.0 Å². The summed E-state index contributed by atoms with van der Waals surface area (Å²) in [6.07, 6.45) is 3.50. The van der Waals surface area contributed by atoms with Gasteiger partial charge in [0.25, 0.3) is 0 Å². The number of pyridine rings is 1. The number of ether oxygens (including phenoxy) is 1. The molecule has 6 nitrogen and oxygen atoms in total. The summed E-state index contributed by atoms with van der Waals surface area (Å²) in [5.41, 5.74) is 2.15. The summed E-state index contributed by atoms with van der Waals surface area (Å²) in [6.45, 7) is 5.09. The van der Waals surface area contributed by atoms with Crippen LogP contribution in [-0.2, 0) is 9.53 Å². The van der Waals surface area contributed by atoms with Gasteiger partial charge in [-0.15, -0.1) is 0 Å². The summed E-state index contributed by atoms with van der Waals surface area (Å²) >= 11 is 6.30. The van der Waals surface area contributed by atoms with Crippen molar-refractivity contribution in [1.82, 2.24) is 14.9 Å². The van der Waals surface area contributed by atoms with E-state index in [0.717, 1.165) is 21.8 Å². The van der Waals surface area contributed by atoms with E-state index in [-0.39, 0.29) is 17.6 Å². The highest BCUT2D eigenvalue weighted by Gasteiger charge is 2.35. The van der Waals surface area contributed by atoms with Crippen LogP contribution in [0.2, 0.25) is 5.02 Å². The largest absolute Gasteiger partial charge is 0.372 e. The molecule has 1 aromatic carbocycles. The van der Waals surface area contributed by atoms with E-state index in [1.54, 1.807) is 18.5 Å². The van der Waals surface area contributed by atoms with Crippen molar-refractivity contribution in [3.05, 3.63) is 35.6 Å². The van der Waals surface area contributed by atoms with Crippen molar-refractivity contribution in [3.63, 3.8) is 0 Å². The molecule has 1 aliphatic heterocycles. The summed E-state index contributed by atoms with van der Waals surface area (Å²) < 4.78 is 5.82. The van der Waals surface area contributed by atoms with Gasteiger partial charge in [0, 0.05) is 28.5 Å².